The van der Waals surface area contributed by atoms with Gasteiger partial charge in [0.2, 0.25) is 0 Å². The highest BCUT2D eigenvalue weighted by molar-refractivity contribution is 4.71. The Morgan fingerprint density at radius 1 is 0.571 bits per heavy atom. The van der Waals surface area contributed by atoms with Crippen molar-refractivity contribution in [1.82, 2.24) is 0 Å². The van der Waals surface area contributed by atoms with Gasteiger partial charge in [-0.05, 0) is 12.8 Å². The Hall–Kier alpha value is -0.240. The summed E-state index contributed by atoms with van der Waals surface area (Å²) in [7, 11) is 0. The van der Waals surface area contributed by atoms with E-state index in [0.29, 0.717) is 0 Å². The molecule has 0 aliphatic carbocycles. The van der Waals surface area contributed by atoms with E-state index < -0.39 is 37.6 Å². The minimum atomic E-state index is -1.24. The average Bonchev–Trinajstić information content (AvgIpc) is 2.22. The first-order chi connectivity index (χ1) is 6.52. The van der Waals surface area contributed by atoms with Crippen LogP contribution >= 0.6 is 0 Å². The Balaban J connectivity index is 3.70. The summed E-state index contributed by atoms with van der Waals surface area (Å²) in [4.78, 5) is 0. The van der Waals surface area contributed by atoms with Crippen LogP contribution in [0.2, 0.25) is 0 Å². The predicted octanol–water partition coefficient (Wildman–Crippen LogP) is -2.81. The molecule has 4 atom stereocenters. The van der Waals surface area contributed by atoms with Gasteiger partial charge in [-0.3, -0.25) is 0 Å². The van der Waals surface area contributed by atoms with Gasteiger partial charge in [0.25, 0.3) is 0 Å². The molecule has 0 aliphatic rings. The Morgan fingerprint density at radius 2 is 0.857 bits per heavy atom. The molecule has 0 rings (SSSR count). The van der Waals surface area contributed by atoms with Crippen LogP contribution in [0.3, 0.4) is 0 Å². The molecular weight excluding hydrogens is 192 g/mol. The molecule has 6 N–H and O–H groups in total. The summed E-state index contributed by atoms with van der Waals surface area (Å²) in [6, 6.07) is 0. The van der Waals surface area contributed by atoms with Crippen LogP contribution in [-0.4, -0.2) is 68.3 Å². The highest BCUT2D eigenvalue weighted by Crippen LogP contribution is 2.08. The number of aliphatic hydroxyl groups is 6. The van der Waals surface area contributed by atoms with Gasteiger partial charge in [0, 0.05) is 0 Å². The van der Waals surface area contributed by atoms with Crippen LogP contribution in [0.1, 0.15) is 12.8 Å². The number of hydrogen-bond acceptors (Lipinski definition) is 6. The number of aliphatic hydroxyl groups excluding tert-OH is 6. The molecule has 0 saturated carbocycles. The molecule has 6 heteroatoms. The Morgan fingerprint density at radius 3 is 1.07 bits per heavy atom. The first-order valence-electron chi connectivity index (χ1n) is 4.46. The lowest BCUT2D eigenvalue weighted by atomic mass is 10.0. The minimum Gasteiger partial charge on any atom is -0.394 e. The maximum Gasteiger partial charge on any atom is 0.103 e. The van der Waals surface area contributed by atoms with Crippen molar-refractivity contribution in [1.29, 1.82) is 0 Å². The van der Waals surface area contributed by atoms with Gasteiger partial charge in [-0.1, -0.05) is 0 Å². The average molecular weight is 210 g/mol. The first-order valence-corrected chi connectivity index (χ1v) is 4.46. The highest BCUT2D eigenvalue weighted by Gasteiger charge is 2.20. The van der Waals surface area contributed by atoms with Crippen molar-refractivity contribution < 1.29 is 30.6 Å². The fourth-order valence-corrected chi connectivity index (χ4v) is 0.970. The zero-order valence-corrected chi connectivity index (χ0v) is 7.82. The van der Waals surface area contributed by atoms with Crippen LogP contribution in [0, 0.1) is 0 Å². The fourth-order valence-electron chi connectivity index (χ4n) is 0.970. The summed E-state index contributed by atoms with van der Waals surface area (Å²) in [6.07, 6.45) is -4.68. The Bertz CT molecular complexity index is 126. The van der Waals surface area contributed by atoms with Crippen LogP contribution in [0.5, 0.6) is 0 Å². The first kappa shape index (κ1) is 13.8. The lowest BCUT2D eigenvalue weighted by Crippen LogP contribution is -2.33. The van der Waals surface area contributed by atoms with E-state index in [1.54, 1.807) is 0 Å². The zero-order chi connectivity index (χ0) is 11.1. The van der Waals surface area contributed by atoms with Gasteiger partial charge in [0.1, 0.15) is 12.2 Å². The van der Waals surface area contributed by atoms with E-state index in [0.717, 1.165) is 0 Å². The van der Waals surface area contributed by atoms with Crippen molar-refractivity contribution in [3.05, 3.63) is 0 Å². The Kier molecular flexibility index (Phi) is 6.98. The Labute approximate surface area is 82.1 Å². The van der Waals surface area contributed by atoms with E-state index in [4.69, 9.17) is 30.6 Å². The standard InChI is InChI=1S/C8H18O6/c9-3-7(13)5(11)1-2-6(12)8(14)4-10/h5-14H,1-4H2. The zero-order valence-electron chi connectivity index (χ0n) is 7.82. The third-order valence-electron chi connectivity index (χ3n) is 2.02. The lowest BCUT2D eigenvalue weighted by molar-refractivity contribution is -0.0449. The molecule has 0 aromatic rings. The van der Waals surface area contributed by atoms with E-state index in [-0.39, 0.29) is 12.8 Å². The summed E-state index contributed by atoms with van der Waals surface area (Å²) >= 11 is 0. The molecule has 0 spiro atoms. The third kappa shape index (κ3) is 4.85. The maximum atomic E-state index is 9.16. The van der Waals surface area contributed by atoms with Crippen molar-refractivity contribution in [2.24, 2.45) is 0 Å². The van der Waals surface area contributed by atoms with E-state index in [1.807, 2.05) is 0 Å². The largest absolute Gasteiger partial charge is 0.394 e. The van der Waals surface area contributed by atoms with Crippen LogP contribution < -0.4 is 0 Å². The molecule has 0 aliphatic heterocycles. The molecule has 0 radical (unpaired) electrons. The van der Waals surface area contributed by atoms with Crippen molar-refractivity contribution in [3.63, 3.8) is 0 Å². The smallest absolute Gasteiger partial charge is 0.103 e. The molecular formula is C8H18O6. The van der Waals surface area contributed by atoms with E-state index in [9.17, 15) is 0 Å². The number of hydrogen-bond donors (Lipinski definition) is 6. The van der Waals surface area contributed by atoms with Crippen molar-refractivity contribution in [2.45, 2.75) is 37.3 Å². The fraction of sp³-hybridized carbons (Fsp3) is 1.00. The molecule has 14 heavy (non-hydrogen) atoms. The third-order valence-corrected chi connectivity index (χ3v) is 2.02. The van der Waals surface area contributed by atoms with Crippen LogP contribution in [-0.2, 0) is 0 Å². The van der Waals surface area contributed by atoms with Crippen LogP contribution in [0.4, 0.5) is 0 Å². The summed E-state index contributed by atoms with van der Waals surface area (Å²) in [5, 5.41) is 53.1. The molecule has 4 unspecified atom stereocenters. The maximum absolute atomic E-state index is 9.16. The van der Waals surface area contributed by atoms with Crippen molar-refractivity contribution in [2.75, 3.05) is 13.2 Å². The van der Waals surface area contributed by atoms with Gasteiger partial charge < -0.3 is 30.6 Å². The summed E-state index contributed by atoms with van der Waals surface area (Å²) < 4.78 is 0. The second-order valence-electron chi connectivity index (χ2n) is 3.21. The SMILES string of the molecule is OCC(O)C(O)CCC(O)C(O)CO. The topological polar surface area (TPSA) is 121 Å². The van der Waals surface area contributed by atoms with Crippen molar-refractivity contribution >= 4 is 0 Å². The molecule has 0 amide bonds. The highest BCUT2D eigenvalue weighted by atomic mass is 16.4. The van der Waals surface area contributed by atoms with Gasteiger partial charge >= 0.3 is 0 Å². The van der Waals surface area contributed by atoms with E-state index >= 15 is 0 Å². The van der Waals surface area contributed by atoms with Crippen molar-refractivity contribution in [3.8, 4) is 0 Å². The van der Waals surface area contributed by atoms with Gasteiger partial charge in [-0.25, -0.2) is 0 Å². The molecule has 6 nitrogen and oxygen atoms in total. The molecule has 0 aromatic heterocycles. The van der Waals surface area contributed by atoms with E-state index in [2.05, 4.69) is 0 Å². The molecule has 86 valence electrons. The van der Waals surface area contributed by atoms with Crippen LogP contribution in [0.15, 0.2) is 0 Å². The molecule has 0 saturated heterocycles. The second-order valence-corrected chi connectivity index (χ2v) is 3.21. The molecule has 0 bridgehead atoms. The van der Waals surface area contributed by atoms with Gasteiger partial charge in [-0.15, -0.1) is 0 Å². The van der Waals surface area contributed by atoms with E-state index in [1.165, 1.54) is 0 Å². The summed E-state index contributed by atoms with van der Waals surface area (Å²) in [6.45, 7) is -1.11. The quantitative estimate of drug-likeness (QED) is 0.270. The van der Waals surface area contributed by atoms with Gasteiger partial charge in [0.15, 0.2) is 0 Å². The minimum absolute atomic E-state index is 0.0416. The molecule has 0 aromatic carbocycles. The predicted molar refractivity (Wildman–Crippen MR) is 47.4 cm³/mol. The van der Waals surface area contributed by atoms with Gasteiger partial charge in [0.05, 0.1) is 25.4 Å². The second kappa shape index (κ2) is 7.10. The molecule has 0 fully saturated rings. The monoisotopic (exact) mass is 210 g/mol. The van der Waals surface area contributed by atoms with Crippen LogP contribution in [0.25, 0.3) is 0 Å². The lowest BCUT2D eigenvalue weighted by Gasteiger charge is -2.19. The normalized spacial score (nSPS) is 20.1. The molecule has 0 heterocycles. The van der Waals surface area contributed by atoms with Gasteiger partial charge in [-0.2, -0.15) is 0 Å². The summed E-state index contributed by atoms with van der Waals surface area (Å²) in [5.41, 5.74) is 0. The number of rotatable bonds is 7. The summed E-state index contributed by atoms with van der Waals surface area (Å²) in [5.74, 6) is 0.